The molecule has 0 aromatic heterocycles. The third kappa shape index (κ3) is 4.04. The van der Waals surface area contributed by atoms with Gasteiger partial charge in [0.1, 0.15) is 0 Å². The number of carbonyl (C=O) groups is 1. The van der Waals surface area contributed by atoms with E-state index in [4.69, 9.17) is 5.11 Å². The van der Waals surface area contributed by atoms with Crippen molar-refractivity contribution in [2.75, 3.05) is 25.4 Å². The van der Waals surface area contributed by atoms with Crippen LogP contribution >= 0.6 is 15.9 Å². The molecular weight excluding hydrogens is 346 g/mol. The number of rotatable bonds is 6. The maximum Gasteiger partial charge on any atom is 0.303 e. The summed E-state index contributed by atoms with van der Waals surface area (Å²) < 4.78 is 25.1. The summed E-state index contributed by atoms with van der Waals surface area (Å²) in [7, 11) is -3.27. The van der Waals surface area contributed by atoms with E-state index in [1.165, 1.54) is 0 Å². The van der Waals surface area contributed by atoms with Crippen LogP contribution in [0.3, 0.4) is 0 Å². The van der Waals surface area contributed by atoms with Gasteiger partial charge in [0.15, 0.2) is 9.84 Å². The lowest BCUT2D eigenvalue weighted by Crippen LogP contribution is -2.49. The molecule has 1 N–H and O–H groups in total. The minimum Gasteiger partial charge on any atom is -0.481 e. The van der Waals surface area contributed by atoms with Crippen molar-refractivity contribution in [2.24, 2.45) is 5.92 Å². The van der Waals surface area contributed by atoms with E-state index in [-0.39, 0.29) is 18.1 Å². The molecule has 1 aliphatic rings. The smallest absolute Gasteiger partial charge is 0.303 e. The van der Waals surface area contributed by atoms with Gasteiger partial charge in [0.25, 0.3) is 0 Å². The van der Waals surface area contributed by atoms with Gasteiger partial charge in [-0.25, -0.2) is 8.42 Å². The summed E-state index contributed by atoms with van der Waals surface area (Å²) in [5, 5.41) is 8.65. The number of hydrogen-bond donors (Lipinski definition) is 1. The van der Waals surface area contributed by atoms with E-state index < -0.39 is 15.8 Å². The topological polar surface area (TPSA) is 74.7 Å². The summed E-state index contributed by atoms with van der Waals surface area (Å²) in [5.74, 6) is -0.575. The Morgan fingerprint density at radius 1 is 1.30 bits per heavy atom. The molecule has 0 aliphatic carbocycles. The maximum atomic E-state index is 12.1. The predicted octanol–water partition coefficient (Wildman–Crippen LogP) is 1.63. The Morgan fingerprint density at radius 2 is 1.90 bits per heavy atom. The Kier molecular flexibility index (Phi) is 4.82. The number of carboxylic acid groups (broad SMARTS) is 1. The first kappa shape index (κ1) is 15.5. The first-order valence-corrected chi connectivity index (χ1v) is 8.74. The van der Waals surface area contributed by atoms with Crippen molar-refractivity contribution in [1.29, 1.82) is 0 Å². The lowest BCUT2D eigenvalue weighted by atomic mass is 9.97. The van der Waals surface area contributed by atoms with Crippen molar-refractivity contribution in [3.8, 4) is 0 Å². The zero-order valence-electron chi connectivity index (χ0n) is 10.8. The van der Waals surface area contributed by atoms with Gasteiger partial charge in [0.2, 0.25) is 0 Å². The normalized spacial score (nSPS) is 16.9. The lowest BCUT2D eigenvalue weighted by Gasteiger charge is -2.38. The Bertz CT molecular complexity index is 579. The number of likely N-dealkylation sites (tertiary alicyclic amines) is 1. The Labute approximate surface area is 126 Å². The molecule has 20 heavy (non-hydrogen) atoms. The van der Waals surface area contributed by atoms with Gasteiger partial charge in [-0.1, -0.05) is 15.9 Å². The van der Waals surface area contributed by atoms with Gasteiger partial charge in [0.05, 0.1) is 17.1 Å². The number of halogens is 1. The van der Waals surface area contributed by atoms with Gasteiger partial charge in [-0.15, -0.1) is 0 Å². The number of sulfone groups is 1. The first-order valence-electron chi connectivity index (χ1n) is 6.29. The molecule has 1 fully saturated rings. The van der Waals surface area contributed by atoms with E-state index in [0.717, 1.165) is 4.47 Å². The maximum absolute atomic E-state index is 12.1. The highest BCUT2D eigenvalue weighted by Crippen LogP contribution is 2.20. The van der Waals surface area contributed by atoms with Crippen LogP contribution in [0.1, 0.15) is 6.42 Å². The average molecular weight is 362 g/mol. The van der Waals surface area contributed by atoms with Crippen molar-refractivity contribution < 1.29 is 18.3 Å². The molecule has 0 radical (unpaired) electrons. The highest BCUT2D eigenvalue weighted by molar-refractivity contribution is 9.10. The Morgan fingerprint density at radius 3 is 2.45 bits per heavy atom. The zero-order chi connectivity index (χ0) is 14.8. The summed E-state index contributed by atoms with van der Waals surface area (Å²) >= 11 is 3.27. The zero-order valence-corrected chi connectivity index (χ0v) is 13.2. The largest absolute Gasteiger partial charge is 0.481 e. The summed E-state index contributed by atoms with van der Waals surface area (Å²) in [6, 6.07) is 6.59. The predicted molar refractivity (Wildman–Crippen MR) is 78.4 cm³/mol. The standard InChI is InChI=1S/C13H16BrNO4S/c14-11-1-3-12(4-2-11)20(18,19)6-5-15-8-10(9-15)7-13(16)17/h1-4,10H,5-9H2,(H,16,17). The summed E-state index contributed by atoms with van der Waals surface area (Å²) in [5.41, 5.74) is 0. The third-order valence-corrected chi connectivity index (χ3v) is 5.58. The molecule has 0 unspecified atom stereocenters. The summed E-state index contributed by atoms with van der Waals surface area (Å²) in [4.78, 5) is 12.8. The molecule has 0 saturated carbocycles. The van der Waals surface area contributed by atoms with Gasteiger partial charge in [0, 0.05) is 24.1 Å². The number of nitrogens with zero attached hydrogens (tertiary/aromatic N) is 1. The van der Waals surface area contributed by atoms with Gasteiger partial charge < -0.3 is 10.0 Å². The van der Waals surface area contributed by atoms with Crippen LogP contribution < -0.4 is 0 Å². The van der Waals surface area contributed by atoms with E-state index in [1.807, 2.05) is 4.90 Å². The number of aliphatic carboxylic acids is 1. The molecule has 2 rings (SSSR count). The van der Waals surface area contributed by atoms with E-state index in [9.17, 15) is 13.2 Å². The lowest BCUT2D eigenvalue weighted by molar-refractivity contribution is -0.139. The molecule has 1 aromatic rings. The molecule has 1 aromatic carbocycles. The number of hydrogen-bond acceptors (Lipinski definition) is 4. The minimum absolute atomic E-state index is 0.0639. The van der Waals surface area contributed by atoms with Crippen LogP contribution in [0.4, 0.5) is 0 Å². The van der Waals surface area contributed by atoms with Crippen molar-refractivity contribution in [1.82, 2.24) is 4.90 Å². The minimum atomic E-state index is -3.27. The second-order valence-electron chi connectivity index (χ2n) is 5.00. The molecule has 1 heterocycles. The van der Waals surface area contributed by atoms with Crippen LogP contribution in [-0.2, 0) is 14.6 Å². The molecule has 0 bridgehead atoms. The second-order valence-corrected chi connectivity index (χ2v) is 8.02. The first-order chi connectivity index (χ1) is 9.37. The fourth-order valence-corrected chi connectivity index (χ4v) is 3.79. The molecule has 1 aliphatic heterocycles. The SMILES string of the molecule is O=C(O)CC1CN(CCS(=O)(=O)c2ccc(Br)cc2)C1. The number of benzene rings is 1. The van der Waals surface area contributed by atoms with Crippen molar-refractivity contribution >= 4 is 31.7 Å². The highest BCUT2D eigenvalue weighted by atomic mass is 79.9. The molecular formula is C13H16BrNO4S. The molecule has 5 nitrogen and oxygen atoms in total. The molecule has 7 heteroatoms. The van der Waals surface area contributed by atoms with Crippen LogP contribution in [0.5, 0.6) is 0 Å². The van der Waals surface area contributed by atoms with Crippen molar-refractivity contribution in [2.45, 2.75) is 11.3 Å². The molecule has 0 amide bonds. The Balaban J connectivity index is 1.82. The highest BCUT2D eigenvalue weighted by Gasteiger charge is 2.29. The van der Waals surface area contributed by atoms with Crippen LogP contribution in [-0.4, -0.2) is 49.8 Å². The summed E-state index contributed by atoms with van der Waals surface area (Å²) in [6.07, 6.45) is 0.163. The van der Waals surface area contributed by atoms with Crippen LogP contribution in [0.15, 0.2) is 33.6 Å². The summed E-state index contributed by atoms with van der Waals surface area (Å²) in [6.45, 7) is 1.79. The fraction of sp³-hybridized carbons (Fsp3) is 0.462. The van der Waals surface area contributed by atoms with Crippen LogP contribution in [0.2, 0.25) is 0 Å². The van der Waals surface area contributed by atoms with E-state index in [1.54, 1.807) is 24.3 Å². The number of carboxylic acids is 1. The van der Waals surface area contributed by atoms with Gasteiger partial charge in [-0.2, -0.15) is 0 Å². The molecule has 1 saturated heterocycles. The van der Waals surface area contributed by atoms with Gasteiger partial charge >= 0.3 is 5.97 Å². The van der Waals surface area contributed by atoms with Crippen LogP contribution in [0, 0.1) is 5.92 Å². The monoisotopic (exact) mass is 361 g/mol. The van der Waals surface area contributed by atoms with Crippen molar-refractivity contribution in [3.63, 3.8) is 0 Å². The van der Waals surface area contributed by atoms with Crippen LogP contribution in [0.25, 0.3) is 0 Å². The molecule has 110 valence electrons. The van der Waals surface area contributed by atoms with Gasteiger partial charge in [-0.05, 0) is 30.2 Å². The quantitative estimate of drug-likeness (QED) is 0.833. The van der Waals surface area contributed by atoms with E-state index in [2.05, 4.69) is 15.9 Å². The molecule has 0 atom stereocenters. The van der Waals surface area contributed by atoms with Crippen molar-refractivity contribution in [3.05, 3.63) is 28.7 Å². The average Bonchev–Trinajstić information content (AvgIpc) is 2.32. The van der Waals surface area contributed by atoms with Gasteiger partial charge in [-0.3, -0.25) is 4.79 Å². The van der Waals surface area contributed by atoms with E-state index in [0.29, 0.717) is 24.5 Å². The van der Waals surface area contributed by atoms with E-state index >= 15 is 0 Å². The fourth-order valence-electron chi connectivity index (χ4n) is 2.24. The Hall–Kier alpha value is -0.920. The second kappa shape index (κ2) is 6.24. The molecule has 0 spiro atoms. The third-order valence-electron chi connectivity index (χ3n) is 3.35.